The van der Waals surface area contributed by atoms with Gasteiger partial charge in [0.1, 0.15) is 0 Å². The van der Waals surface area contributed by atoms with Crippen LogP contribution in [-0.4, -0.2) is 24.0 Å². The molecule has 0 aromatic heterocycles. The average Bonchev–Trinajstić information content (AvgIpc) is 2.07. The standard InChI is InChI=1S/C13H21N/c1-11(2)5-3-9-14-10-4-6-12-7-8-13(12)14/h11-13H,4,6-10H2,1-2H3/t12-,13+/m1/s1. The van der Waals surface area contributed by atoms with Crippen molar-refractivity contribution in [1.29, 1.82) is 0 Å². The lowest BCUT2D eigenvalue weighted by molar-refractivity contribution is 0.0309. The first kappa shape index (κ1) is 10.1. The third kappa shape index (κ3) is 2.12. The zero-order valence-electron chi connectivity index (χ0n) is 9.42. The fraction of sp³-hybridized carbons (Fsp3) is 0.846. The smallest absolute Gasteiger partial charge is 0.0604 e. The van der Waals surface area contributed by atoms with Crippen molar-refractivity contribution in [1.82, 2.24) is 4.90 Å². The van der Waals surface area contributed by atoms with Crippen LogP contribution in [-0.2, 0) is 0 Å². The van der Waals surface area contributed by atoms with Gasteiger partial charge in [0.15, 0.2) is 0 Å². The van der Waals surface area contributed by atoms with E-state index in [0.29, 0.717) is 5.92 Å². The van der Waals surface area contributed by atoms with Gasteiger partial charge in [-0.05, 0) is 38.1 Å². The molecule has 1 saturated heterocycles. The Kier molecular flexibility index (Phi) is 3.13. The van der Waals surface area contributed by atoms with E-state index < -0.39 is 0 Å². The van der Waals surface area contributed by atoms with Crippen molar-refractivity contribution in [2.45, 2.75) is 45.6 Å². The summed E-state index contributed by atoms with van der Waals surface area (Å²) in [6, 6.07) is 0.894. The van der Waals surface area contributed by atoms with Gasteiger partial charge in [-0.15, -0.1) is 0 Å². The topological polar surface area (TPSA) is 3.24 Å². The molecule has 1 aliphatic carbocycles. The molecule has 0 spiro atoms. The highest BCUT2D eigenvalue weighted by molar-refractivity contribution is 5.05. The predicted octanol–water partition coefficient (Wildman–Crippen LogP) is 2.52. The first-order valence-corrected chi connectivity index (χ1v) is 6.00. The summed E-state index contributed by atoms with van der Waals surface area (Å²) in [4.78, 5) is 2.60. The van der Waals surface area contributed by atoms with Gasteiger partial charge in [0, 0.05) is 12.0 Å². The second-order valence-corrected chi connectivity index (χ2v) is 4.99. The van der Waals surface area contributed by atoms with Crippen LogP contribution in [0.25, 0.3) is 0 Å². The molecular weight excluding hydrogens is 170 g/mol. The minimum absolute atomic E-state index is 0.525. The molecule has 14 heavy (non-hydrogen) atoms. The van der Waals surface area contributed by atoms with Crippen molar-refractivity contribution in [2.75, 3.05) is 13.1 Å². The Morgan fingerprint density at radius 2 is 2.14 bits per heavy atom. The minimum Gasteiger partial charge on any atom is -0.289 e. The van der Waals surface area contributed by atoms with E-state index in [4.69, 9.17) is 0 Å². The second-order valence-electron chi connectivity index (χ2n) is 4.99. The summed E-state index contributed by atoms with van der Waals surface area (Å²) in [6.07, 6.45) is 5.76. The monoisotopic (exact) mass is 191 g/mol. The fourth-order valence-corrected chi connectivity index (χ4v) is 2.64. The Hall–Kier alpha value is -0.480. The van der Waals surface area contributed by atoms with Crippen LogP contribution in [0.15, 0.2) is 0 Å². The number of rotatable bonds is 1. The zero-order chi connectivity index (χ0) is 9.97. The molecule has 1 aliphatic heterocycles. The Labute approximate surface area is 87.9 Å². The van der Waals surface area contributed by atoms with Gasteiger partial charge in [-0.1, -0.05) is 25.7 Å². The molecule has 2 rings (SSSR count). The molecular formula is C13H21N. The highest BCUT2D eigenvalue weighted by atomic mass is 15.2. The van der Waals surface area contributed by atoms with Crippen LogP contribution < -0.4 is 0 Å². The Balaban J connectivity index is 1.83. The van der Waals surface area contributed by atoms with Crippen molar-refractivity contribution in [3.05, 3.63) is 0 Å². The second kappa shape index (κ2) is 4.36. The van der Waals surface area contributed by atoms with E-state index in [1.807, 2.05) is 0 Å². The molecule has 2 aliphatic rings. The lowest BCUT2D eigenvalue weighted by Gasteiger charge is -2.47. The molecule has 1 saturated carbocycles. The van der Waals surface area contributed by atoms with E-state index in [0.717, 1.165) is 18.5 Å². The SMILES string of the molecule is CC(C)C#CCN1CCC[C@@H]2CC[C@@H]21. The first-order valence-electron chi connectivity index (χ1n) is 6.00. The Morgan fingerprint density at radius 1 is 1.29 bits per heavy atom. The molecule has 1 heterocycles. The van der Waals surface area contributed by atoms with Crippen molar-refractivity contribution >= 4 is 0 Å². The van der Waals surface area contributed by atoms with E-state index >= 15 is 0 Å². The van der Waals surface area contributed by atoms with E-state index in [-0.39, 0.29) is 0 Å². The van der Waals surface area contributed by atoms with Crippen LogP contribution >= 0.6 is 0 Å². The maximum Gasteiger partial charge on any atom is 0.0604 e. The van der Waals surface area contributed by atoms with Crippen molar-refractivity contribution in [2.24, 2.45) is 11.8 Å². The summed E-state index contributed by atoms with van der Waals surface area (Å²) in [5.41, 5.74) is 0. The van der Waals surface area contributed by atoms with Gasteiger partial charge >= 0.3 is 0 Å². The predicted molar refractivity (Wildman–Crippen MR) is 59.9 cm³/mol. The van der Waals surface area contributed by atoms with Gasteiger partial charge in [0.25, 0.3) is 0 Å². The van der Waals surface area contributed by atoms with Crippen molar-refractivity contribution in [3.63, 3.8) is 0 Å². The highest BCUT2D eigenvalue weighted by Crippen LogP contribution is 2.38. The van der Waals surface area contributed by atoms with Crippen molar-refractivity contribution < 1.29 is 0 Å². The Bertz CT molecular complexity index is 246. The maximum atomic E-state index is 3.32. The number of likely N-dealkylation sites (tertiary alicyclic amines) is 1. The van der Waals surface area contributed by atoms with Crippen LogP contribution in [0.3, 0.4) is 0 Å². The summed E-state index contributed by atoms with van der Waals surface area (Å²) in [5.74, 6) is 8.12. The molecule has 0 unspecified atom stereocenters. The number of hydrogen-bond donors (Lipinski definition) is 0. The van der Waals surface area contributed by atoms with Crippen LogP contribution in [0.1, 0.15) is 39.5 Å². The lowest BCUT2D eigenvalue weighted by atomic mass is 9.73. The largest absolute Gasteiger partial charge is 0.289 e. The first-order chi connectivity index (χ1) is 6.77. The molecule has 0 aromatic rings. The van der Waals surface area contributed by atoms with Gasteiger partial charge < -0.3 is 0 Å². The van der Waals surface area contributed by atoms with Crippen LogP contribution in [0.4, 0.5) is 0 Å². The maximum absolute atomic E-state index is 3.32. The van der Waals surface area contributed by atoms with Gasteiger partial charge in [0.2, 0.25) is 0 Å². The van der Waals surface area contributed by atoms with E-state index in [1.165, 1.54) is 32.2 Å². The van der Waals surface area contributed by atoms with Crippen LogP contribution in [0, 0.1) is 23.7 Å². The van der Waals surface area contributed by atoms with Crippen LogP contribution in [0.5, 0.6) is 0 Å². The van der Waals surface area contributed by atoms with Crippen LogP contribution in [0.2, 0.25) is 0 Å². The number of piperidine rings is 1. The number of nitrogens with zero attached hydrogens (tertiary/aromatic N) is 1. The number of fused-ring (bicyclic) bond motifs is 1. The van der Waals surface area contributed by atoms with Gasteiger partial charge in [-0.25, -0.2) is 0 Å². The molecule has 2 atom stereocenters. The lowest BCUT2D eigenvalue weighted by Crippen LogP contribution is -2.51. The minimum atomic E-state index is 0.525. The highest BCUT2D eigenvalue weighted by Gasteiger charge is 2.37. The normalized spacial score (nSPS) is 31.6. The third-order valence-corrected chi connectivity index (χ3v) is 3.54. The molecule has 1 heteroatoms. The summed E-state index contributed by atoms with van der Waals surface area (Å²) in [7, 11) is 0. The molecule has 0 N–H and O–H groups in total. The van der Waals surface area contributed by atoms with E-state index in [2.05, 4.69) is 30.6 Å². The quantitative estimate of drug-likeness (QED) is 0.576. The molecule has 0 radical (unpaired) electrons. The zero-order valence-corrected chi connectivity index (χ0v) is 9.42. The molecule has 2 fully saturated rings. The average molecular weight is 191 g/mol. The van der Waals surface area contributed by atoms with Gasteiger partial charge in [-0.2, -0.15) is 0 Å². The summed E-state index contributed by atoms with van der Waals surface area (Å²) >= 11 is 0. The Morgan fingerprint density at radius 3 is 2.79 bits per heavy atom. The summed E-state index contributed by atoms with van der Waals surface area (Å²) in [5, 5.41) is 0. The summed E-state index contributed by atoms with van der Waals surface area (Å²) < 4.78 is 0. The molecule has 0 amide bonds. The molecule has 0 bridgehead atoms. The molecule has 1 nitrogen and oxygen atoms in total. The number of hydrogen-bond acceptors (Lipinski definition) is 1. The third-order valence-electron chi connectivity index (χ3n) is 3.54. The fourth-order valence-electron chi connectivity index (χ4n) is 2.64. The van der Waals surface area contributed by atoms with Gasteiger partial charge in [-0.3, -0.25) is 4.90 Å². The molecule has 78 valence electrons. The summed E-state index contributed by atoms with van der Waals surface area (Å²) in [6.45, 7) is 6.62. The van der Waals surface area contributed by atoms with E-state index in [1.54, 1.807) is 0 Å². The van der Waals surface area contributed by atoms with E-state index in [9.17, 15) is 0 Å². The molecule has 0 aromatic carbocycles. The van der Waals surface area contributed by atoms with Crippen molar-refractivity contribution in [3.8, 4) is 11.8 Å². The van der Waals surface area contributed by atoms with Gasteiger partial charge in [0.05, 0.1) is 6.54 Å².